The zero-order valence-electron chi connectivity index (χ0n) is 8.03. The first kappa shape index (κ1) is 9.46. The Hall–Kier alpha value is -1.09. The van der Waals surface area contributed by atoms with E-state index in [4.69, 9.17) is 4.74 Å². The van der Waals surface area contributed by atoms with Gasteiger partial charge in [-0.1, -0.05) is 13.3 Å². The molecule has 1 N–H and O–H groups in total. The van der Waals surface area contributed by atoms with Gasteiger partial charge in [-0.05, 0) is 18.6 Å². The normalized spacial score (nSPS) is 24.5. The predicted molar refractivity (Wildman–Crippen MR) is 50.7 cm³/mol. The monoisotopic (exact) mass is 196 g/mol. The number of aliphatic hydroxyl groups excluding tert-OH is 1. The summed E-state index contributed by atoms with van der Waals surface area (Å²) in [6.07, 6.45) is 0.915. The van der Waals surface area contributed by atoms with Crippen LogP contribution >= 0.6 is 0 Å². The van der Waals surface area contributed by atoms with Crippen LogP contribution in [-0.2, 0) is 0 Å². The minimum atomic E-state index is -0.606. The molecule has 76 valence electrons. The van der Waals surface area contributed by atoms with E-state index in [9.17, 15) is 9.50 Å². The second kappa shape index (κ2) is 3.58. The summed E-state index contributed by atoms with van der Waals surface area (Å²) >= 11 is 0. The topological polar surface area (TPSA) is 29.5 Å². The van der Waals surface area contributed by atoms with Gasteiger partial charge in [0.2, 0.25) is 0 Å². The van der Waals surface area contributed by atoms with Crippen molar-refractivity contribution >= 4 is 0 Å². The third kappa shape index (κ3) is 1.48. The number of hydrogen-bond donors (Lipinski definition) is 1. The Morgan fingerprint density at radius 1 is 1.50 bits per heavy atom. The number of benzene rings is 1. The van der Waals surface area contributed by atoms with Crippen molar-refractivity contribution < 1.29 is 14.2 Å². The fourth-order valence-electron chi connectivity index (χ4n) is 1.78. The van der Waals surface area contributed by atoms with Crippen molar-refractivity contribution in [2.75, 3.05) is 0 Å². The second-order valence-corrected chi connectivity index (χ2v) is 3.57. The molecule has 2 unspecified atom stereocenters. The van der Waals surface area contributed by atoms with Crippen molar-refractivity contribution in [1.82, 2.24) is 0 Å². The van der Waals surface area contributed by atoms with Crippen LogP contribution in [0.1, 0.15) is 31.4 Å². The van der Waals surface area contributed by atoms with E-state index in [1.807, 2.05) is 6.92 Å². The van der Waals surface area contributed by atoms with Crippen LogP contribution in [0.2, 0.25) is 0 Å². The number of fused-ring (bicyclic) bond motifs is 1. The maximum Gasteiger partial charge on any atom is 0.129 e. The van der Waals surface area contributed by atoms with Crippen LogP contribution in [0.4, 0.5) is 4.39 Å². The lowest BCUT2D eigenvalue weighted by Gasteiger charge is -2.12. The second-order valence-electron chi connectivity index (χ2n) is 3.57. The minimum absolute atomic E-state index is 0.211. The lowest BCUT2D eigenvalue weighted by Crippen LogP contribution is -2.17. The Bertz CT molecular complexity index is 338. The highest BCUT2D eigenvalue weighted by atomic mass is 19.1. The quantitative estimate of drug-likeness (QED) is 0.787. The Kier molecular flexibility index (Phi) is 2.42. The molecule has 0 spiro atoms. The van der Waals surface area contributed by atoms with Crippen molar-refractivity contribution in [3.8, 4) is 5.75 Å². The molecule has 1 aliphatic rings. The first-order valence-corrected chi connectivity index (χ1v) is 4.86. The minimum Gasteiger partial charge on any atom is -0.487 e. The Morgan fingerprint density at radius 3 is 3.00 bits per heavy atom. The van der Waals surface area contributed by atoms with E-state index in [1.165, 1.54) is 12.1 Å². The summed E-state index contributed by atoms with van der Waals surface area (Å²) in [6.45, 7) is 2.03. The van der Waals surface area contributed by atoms with Gasteiger partial charge < -0.3 is 9.84 Å². The van der Waals surface area contributed by atoms with Gasteiger partial charge in [-0.2, -0.15) is 0 Å². The van der Waals surface area contributed by atoms with Crippen LogP contribution in [-0.4, -0.2) is 11.2 Å². The molecule has 1 aromatic carbocycles. The van der Waals surface area contributed by atoms with Gasteiger partial charge in [-0.3, -0.25) is 0 Å². The highest BCUT2D eigenvalue weighted by Gasteiger charge is 2.32. The van der Waals surface area contributed by atoms with Gasteiger partial charge in [0.05, 0.1) is 0 Å². The summed E-state index contributed by atoms with van der Waals surface area (Å²) in [4.78, 5) is 0. The summed E-state index contributed by atoms with van der Waals surface area (Å²) in [6, 6.07) is 4.26. The van der Waals surface area contributed by atoms with Crippen molar-refractivity contribution in [1.29, 1.82) is 0 Å². The molecular weight excluding hydrogens is 183 g/mol. The van der Waals surface area contributed by atoms with E-state index < -0.39 is 6.10 Å². The van der Waals surface area contributed by atoms with E-state index in [1.54, 1.807) is 6.07 Å². The molecular formula is C11H13FO2. The highest BCUT2D eigenvalue weighted by molar-refractivity contribution is 5.39. The Balaban J connectivity index is 2.26. The maximum absolute atomic E-state index is 12.8. The van der Waals surface area contributed by atoms with E-state index in [0.717, 1.165) is 12.8 Å². The molecule has 0 saturated heterocycles. The summed E-state index contributed by atoms with van der Waals surface area (Å²) in [5.41, 5.74) is 0.699. The van der Waals surface area contributed by atoms with Gasteiger partial charge in [-0.25, -0.2) is 4.39 Å². The highest BCUT2D eigenvalue weighted by Crippen LogP contribution is 2.38. The molecule has 2 rings (SSSR count). The van der Waals surface area contributed by atoms with Crippen LogP contribution in [0.25, 0.3) is 0 Å². The van der Waals surface area contributed by atoms with Crippen molar-refractivity contribution in [2.24, 2.45) is 0 Å². The van der Waals surface area contributed by atoms with Crippen LogP contribution in [0.5, 0.6) is 5.75 Å². The van der Waals surface area contributed by atoms with Crippen LogP contribution in [0.3, 0.4) is 0 Å². The van der Waals surface area contributed by atoms with Crippen LogP contribution in [0, 0.1) is 5.82 Å². The average molecular weight is 196 g/mol. The number of rotatable bonds is 2. The third-order valence-corrected chi connectivity index (χ3v) is 2.50. The zero-order valence-corrected chi connectivity index (χ0v) is 8.03. The lowest BCUT2D eigenvalue weighted by molar-refractivity contribution is 0.0616. The van der Waals surface area contributed by atoms with Gasteiger partial charge >= 0.3 is 0 Å². The zero-order chi connectivity index (χ0) is 10.1. The molecule has 1 heterocycles. The first-order valence-electron chi connectivity index (χ1n) is 4.86. The largest absolute Gasteiger partial charge is 0.487 e. The van der Waals surface area contributed by atoms with Crippen LogP contribution < -0.4 is 4.74 Å². The first-order chi connectivity index (χ1) is 6.72. The number of aliphatic hydroxyl groups is 1. The SMILES string of the molecule is CCCC1Oc2cc(F)ccc2C1O. The molecule has 1 aromatic rings. The van der Waals surface area contributed by atoms with Crippen molar-refractivity contribution in [2.45, 2.75) is 32.0 Å². The molecule has 0 amide bonds. The summed E-state index contributed by atoms with van der Waals surface area (Å²) in [7, 11) is 0. The molecule has 0 bridgehead atoms. The fourth-order valence-corrected chi connectivity index (χ4v) is 1.78. The third-order valence-electron chi connectivity index (χ3n) is 2.50. The van der Waals surface area contributed by atoms with Gasteiger partial charge in [0.1, 0.15) is 23.8 Å². The molecule has 14 heavy (non-hydrogen) atoms. The molecule has 0 radical (unpaired) electrons. The van der Waals surface area contributed by atoms with Gasteiger partial charge in [0, 0.05) is 11.6 Å². The Labute approximate surface area is 82.3 Å². The van der Waals surface area contributed by atoms with Gasteiger partial charge in [0.25, 0.3) is 0 Å². The molecule has 0 fully saturated rings. The van der Waals surface area contributed by atoms with Crippen LogP contribution in [0.15, 0.2) is 18.2 Å². The van der Waals surface area contributed by atoms with Crippen molar-refractivity contribution in [3.05, 3.63) is 29.6 Å². The number of ether oxygens (including phenoxy) is 1. The number of halogens is 1. The summed E-state index contributed by atoms with van der Waals surface area (Å²) in [5.74, 6) is 0.157. The Morgan fingerprint density at radius 2 is 2.29 bits per heavy atom. The summed E-state index contributed by atoms with van der Waals surface area (Å²) in [5, 5.41) is 9.82. The van der Waals surface area contributed by atoms with E-state index in [2.05, 4.69) is 0 Å². The molecule has 0 aromatic heterocycles. The average Bonchev–Trinajstić information content (AvgIpc) is 2.44. The van der Waals surface area contributed by atoms with E-state index >= 15 is 0 Å². The molecule has 3 heteroatoms. The molecule has 0 aliphatic carbocycles. The molecule has 2 atom stereocenters. The number of hydrogen-bond acceptors (Lipinski definition) is 2. The lowest BCUT2D eigenvalue weighted by atomic mass is 10.0. The molecule has 1 aliphatic heterocycles. The molecule has 0 saturated carbocycles. The summed E-state index contributed by atoms with van der Waals surface area (Å²) < 4.78 is 18.3. The fraction of sp³-hybridized carbons (Fsp3) is 0.455. The smallest absolute Gasteiger partial charge is 0.129 e. The van der Waals surface area contributed by atoms with E-state index in [-0.39, 0.29) is 11.9 Å². The predicted octanol–water partition coefficient (Wildman–Crippen LogP) is 2.42. The van der Waals surface area contributed by atoms with Crippen molar-refractivity contribution in [3.63, 3.8) is 0 Å². The maximum atomic E-state index is 12.8. The molecule has 2 nitrogen and oxygen atoms in total. The van der Waals surface area contributed by atoms with Gasteiger partial charge in [-0.15, -0.1) is 0 Å². The standard InChI is InChI=1S/C11H13FO2/c1-2-3-9-11(13)8-5-4-7(12)6-10(8)14-9/h4-6,9,11,13H,2-3H2,1H3. The van der Waals surface area contributed by atoms with E-state index in [0.29, 0.717) is 11.3 Å². The van der Waals surface area contributed by atoms with Gasteiger partial charge in [0.15, 0.2) is 0 Å².